The smallest absolute Gasteiger partial charge is 0.225 e. The molecule has 0 amide bonds. The van der Waals surface area contributed by atoms with Gasteiger partial charge < -0.3 is 4.90 Å². The first-order chi connectivity index (χ1) is 8.81. The lowest BCUT2D eigenvalue weighted by atomic mass is 9.96. The Bertz CT molecular complexity index is 481. The second-order valence-corrected chi connectivity index (χ2v) is 5.97. The zero-order valence-corrected chi connectivity index (χ0v) is 10.9. The summed E-state index contributed by atoms with van der Waals surface area (Å²) in [4.78, 5) is 11.5. The number of allylic oxidation sites excluding steroid dienone is 1. The van der Waals surface area contributed by atoms with Crippen molar-refractivity contribution in [3.8, 4) is 0 Å². The molecule has 94 valence electrons. The van der Waals surface area contributed by atoms with Crippen LogP contribution >= 0.6 is 0 Å². The fourth-order valence-electron chi connectivity index (χ4n) is 3.56. The van der Waals surface area contributed by atoms with Gasteiger partial charge in [0.25, 0.3) is 0 Å². The molecule has 2 aliphatic heterocycles. The molecule has 0 spiro atoms. The third-order valence-corrected chi connectivity index (χ3v) is 4.58. The summed E-state index contributed by atoms with van der Waals surface area (Å²) in [5.41, 5.74) is 4.67. The highest BCUT2D eigenvalue weighted by Crippen LogP contribution is 2.45. The Balaban J connectivity index is 1.64. The summed E-state index contributed by atoms with van der Waals surface area (Å²) >= 11 is 0. The number of piperidine rings is 1. The Morgan fingerprint density at radius 1 is 1.00 bits per heavy atom. The predicted octanol–water partition coefficient (Wildman–Crippen LogP) is 3.01. The summed E-state index contributed by atoms with van der Waals surface area (Å²) in [6.45, 7) is 2.05. The number of anilines is 1. The Morgan fingerprint density at radius 2 is 1.61 bits per heavy atom. The molecule has 0 radical (unpaired) electrons. The molecule has 0 N–H and O–H groups in total. The summed E-state index contributed by atoms with van der Waals surface area (Å²) in [7, 11) is 0. The van der Waals surface area contributed by atoms with Gasteiger partial charge in [-0.05, 0) is 51.0 Å². The molecule has 4 rings (SSSR count). The second kappa shape index (κ2) is 3.81. The summed E-state index contributed by atoms with van der Waals surface area (Å²) in [6.07, 6.45) is 11.8. The summed E-state index contributed by atoms with van der Waals surface area (Å²) in [5, 5.41) is 0. The van der Waals surface area contributed by atoms with Crippen LogP contribution in [-0.2, 0) is 0 Å². The number of hydrogen-bond donors (Lipinski definition) is 0. The Labute approximate surface area is 108 Å². The number of nitrogens with zero attached hydrogens (tertiary/aromatic N) is 3. The van der Waals surface area contributed by atoms with Gasteiger partial charge >= 0.3 is 0 Å². The minimum Gasteiger partial charge on any atom is -0.334 e. The molecule has 2 atom stereocenters. The van der Waals surface area contributed by atoms with Gasteiger partial charge in [0.05, 0.1) is 0 Å². The molecular formula is C15H19N3. The third-order valence-electron chi connectivity index (χ3n) is 4.58. The van der Waals surface area contributed by atoms with E-state index in [1.165, 1.54) is 38.5 Å². The quantitative estimate of drug-likeness (QED) is 0.708. The number of aromatic nitrogens is 2. The van der Waals surface area contributed by atoms with E-state index in [1.54, 1.807) is 11.1 Å². The third kappa shape index (κ3) is 1.64. The number of hydrogen-bond acceptors (Lipinski definition) is 3. The number of fused-ring (bicyclic) bond motifs is 2. The maximum absolute atomic E-state index is 4.53. The van der Waals surface area contributed by atoms with Crippen molar-refractivity contribution >= 4 is 5.95 Å². The van der Waals surface area contributed by atoms with Gasteiger partial charge in [-0.1, -0.05) is 11.1 Å². The molecule has 3 nitrogen and oxygen atoms in total. The van der Waals surface area contributed by atoms with Gasteiger partial charge in [0.1, 0.15) is 0 Å². The zero-order valence-electron chi connectivity index (χ0n) is 10.9. The molecular weight excluding hydrogens is 222 g/mol. The van der Waals surface area contributed by atoms with E-state index >= 15 is 0 Å². The van der Waals surface area contributed by atoms with Crippen molar-refractivity contribution in [2.75, 3.05) is 4.90 Å². The Morgan fingerprint density at radius 3 is 2.17 bits per heavy atom. The minimum absolute atomic E-state index is 0.662. The van der Waals surface area contributed by atoms with Gasteiger partial charge in [-0.3, -0.25) is 0 Å². The zero-order chi connectivity index (χ0) is 12.1. The average Bonchev–Trinajstić information content (AvgIpc) is 3.18. The number of aryl methyl sites for hydroxylation is 1. The topological polar surface area (TPSA) is 29.0 Å². The molecule has 0 aromatic carbocycles. The maximum atomic E-state index is 4.53. The van der Waals surface area contributed by atoms with Gasteiger partial charge in [-0.25, -0.2) is 9.97 Å². The molecule has 1 aliphatic carbocycles. The minimum atomic E-state index is 0.662. The van der Waals surface area contributed by atoms with Crippen molar-refractivity contribution < 1.29 is 0 Å². The van der Waals surface area contributed by atoms with Crippen molar-refractivity contribution in [2.24, 2.45) is 0 Å². The van der Waals surface area contributed by atoms with E-state index in [4.69, 9.17) is 0 Å². The van der Waals surface area contributed by atoms with E-state index in [0.717, 1.165) is 11.5 Å². The molecule has 2 unspecified atom stereocenters. The van der Waals surface area contributed by atoms with Gasteiger partial charge in [0.15, 0.2) is 0 Å². The highest BCUT2D eigenvalue weighted by molar-refractivity contribution is 5.42. The molecule has 3 heteroatoms. The van der Waals surface area contributed by atoms with Crippen LogP contribution in [0.3, 0.4) is 0 Å². The van der Waals surface area contributed by atoms with Crippen LogP contribution in [0.2, 0.25) is 0 Å². The molecule has 3 heterocycles. The van der Waals surface area contributed by atoms with E-state index in [2.05, 4.69) is 14.9 Å². The monoisotopic (exact) mass is 241 g/mol. The van der Waals surface area contributed by atoms with Gasteiger partial charge in [0, 0.05) is 24.5 Å². The highest BCUT2D eigenvalue weighted by atomic mass is 15.3. The molecule has 3 aliphatic rings. The van der Waals surface area contributed by atoms with E-state index < -0.39 is 0 Å². The van der Waals surface area contributed by atoms with Crippen LogP contribution in [0, 0.1) is 6.92 Å². The largest absolute Gasteiger partial charge is 0.334 e. The van der Waals surface area contributed by atoms with Crippen LogP contribution in [0.4, 0.5) is 5.95 Å². The van der Waals surface area contributed by atoms with Crippen LogP contribution in [0.5, 0.6) is 0 Å². The predicted molar refractivity (Wildman–Crippen MR) is 71.6 cm³/mol. The maximum Gasteiger partial charge on any atom is 0.225 e. The molecule has 1 saturated carbocycles. The second-order valence-electron chi connectivity index (χ2n) is 5.97. The van der Waals surface area contributed by atoms with Gasteiger partial charge in [-0.15, -0.1) is 0 Å². The molecule has 2 saturated heterocycles. The number of rotatable bonds is 1. The standard InChI is InChI=1S/C15H19N3/c1-10-8-16-15(17-9-10)18-13-4-5-14(18)7-12(6-13)11-2-3-11/h8-9,13-14H,2-7H2,1H3. The van der Waals surface area contributed by atoms with E-state index in [-0.39, 0.29) is 0 Å². The van der Waals surface area contributed by atoms with Crippen LogP contribution in [-0.4, -0.2) is 22.1 Å². The molecule has 3 fully saturated rings. The van der Waals surface area contributed by atoms with Gasteiger partial charge in [0.2, 0.25) is 5.95 Å². The van der Waals surface area contributed by atoms with Crippen molar-refractivity contribution in [2.45, 2.75) is 57.5 Å². The average molecular weight is 241 g/mol. The van der Waals surface area contributed by atoms with E-state index in [1.807, 2.05) is 19.3 Å². The fourth-order valence-corrected chi connectivity index (χ4v) is 3.56. The van der Waals surface area contributed by atoms with Crippen molar-refractivity contribution in [1.82, 2.24) is 9.97 Å². The highest BCUT2D eigenvalue weighted by Gasteiger charge is 2.41. The lowest BCUT2D eigenvalue weighted by Gasteiger charge is -2.36. The lowest BCUT2D eigenvalue weighted by Crippen LogP contribution is -2.41. The fraction of sp³-hybridized carbons (Fsp3) is 0.600. The van der Waals surface area contributed by atoms with Crippen LogP contribution < -0.4 is 4.90 Å². The Hall–Kier alpha value is -1.38. The first-order valence-corrected chi connectivity index (χ1v) is 7.08. The van der Waals surface area contributed by atoms with Crippen LogP contribution in [0.25, 0.3) is 0 Å². The normalized spacial score (nSPS) is 29.9. The van der Waals surface area contributed by atoms with Gasteiger partial charge in [-0.2, -0.15) is 0 Å². The molecule has 1 aromatic heterocycles. The summed E-state index contributed by atoms with van der Waals surface area (Å²) in [5.74, 6) is 0.952. The first-order valence-electron chi connectivity index (χ1n) is 7.08. The lowest BCUT2D eigenvalue weighted by molar-refractivity contribution is 0.536. The molecule has 2 bridgehead atoms. The molecule has 1 aromatic rings. The van der Waals surface area contributed by atoms with Crippen molar-refractivity contribution in [3.63, 3.8) is 0 Å². The first kappa shape index (κ1) is 10.5. The summed E-state index contributed by atoms with van der Waals surface area (Å²) in [6, 6.07) is 1.32. The summed E-state index contributed by atoms with van der Waals surface area (Å²) < 4.78 is 0. The Kier molecular flexibility index (Phi) is 2.23. The van der Waals surface area contributed by atoms with Crippen LogP contribution in [0.15, 0.2) is 23.5 Å². The van der Waals surface area contributed by atoms with Crippen molar-refractivity contribution in [1.29, 1.82) is 0 Å². The van der Waals surface area contributed by atoms with E-state index in [0.29, 0.717) is 12.1 Å². The van der Waals surface area contributed by atoms with E-state index in [9.17, 15) is 0 Å². The SMILES string of the molecule is Cc1cnc(N2C3CCC2CC(=C2CC2)C3)nc1. The van der Waals surface area contributed by atoms with Crippen LogP contribution in [0.1, 0.15) is 44.1 Å². The molecule has 18 heavy (non-hydrogen) atoms. The van der Waals surface area contributed by atoms with Crippen molar-refractivity contribution in [3.05, 3.63) is 29.1 Å².